The summed E-state index contributed by atoms with van der Waals surface area (Å²) in [5, 5.41) is 5.68. The van der Waals surface area contributed by atoms with Crippen molar-refractivity contribution in [3.63, 3.8) is 0 Å². The third kappa shape index (κ3) is 3.67. The van der Waals surface area contributed by atoms with Crippen LogP contribution in [0.15, 0.2) is 0 Å². The predicted molar refractivity (Wildman–Crippen MR) is 73.1 cm³/mol. The van der Waals surface area contributed by atoms with Crippen LogP contribution in [-0.2, 0) is 4.79 Å². The third-order valence-corrected chi connectivity index (χ3v) is 2.91. The van der Waals surface area contributed by atoms with Crippen molar-refractivity contribution >= 4 is 23.8 Å². The van der Waals surface area contributed by atoms with Crippen molar-refractivity contribution in [3.05, 3.63) is 0 Å². The van der Waals surface area contributed by atoms with Crippen LogP contribution >= 0.6 is 0 Å². The molecule has 1 fully saturated rings. The van der Waals surface area contributed by atoms with Gasteiger partial charge in [-0.1, -0.05) is 0 Å². The number of aromatic nitrogens is 3. The van der Waals surface area contributed by atoms with Gasteiger partial charge in [0.2, 0.25) is 23.8 Å². The monoisotopic (exact) mass is 265 g/mol. The molecule has 8 nitrogen and oxygen atoms in total. The molecule has 0 bridgehead atoms. The first-order valence-electron chi connectivity index (χ1n) is 6.40. The van der Waals surface area contributed by atoms with Crippen LogP contribution in [0.25, 0.3) is 0 Å². The van der Waals surface area contributed by atoms with Crippen LogP contribution in [0, 0.1) is 0 Å². The second-order valence-corrected chi connectivity index (χ2v) is 4.40. The molecule has 19 heavy (non-hydrogen) atoms. The van der Waals surface area contributed by atoms with Gasteiger partial charge in [0.15, 0.2) is 0 Å². The average Bonchev–Trinajstić information content (AvgIpc) is 2.45. The second-order valence-electron chi connectivity index (χ2n) is 4.40. The van der Waals surface area contributed by atoms with Crippen molar-refractivity contribution in [1.82, 2.24) is 15.0 Å². The summed E-state index contributed by atoms with van der Waals surface area (Å²) in [7, 11) is 1.74. The van der Waals surface area contributed by atoms with E-state index in [2.05, 4.69) is 30.5 Å². The Bertz CT molecular complexity index is 445. The second kappa shape index (κ2) is 6.17. The van der Waals surface area contributed by atoms with Crippen LogP contribution in [0.1, 0.15) is 19.3 Å². The maximum atomic E-state index is 10.8. The quantitative estimate of drug-likeness (QED) is 0.676. The summed E-state index contributed by atoms with van der Waals surface area (Å²) in [5.74, 6) is 1.01. The van der Waals surface area contributed by atoms with Gasteiger partial charge in [0.1, 0.15) is 0 Å². The van der Waals surface area contributed by atoms with Crippen LogP contribution in [-0.4, -0.2) is 47.5 Å². The van der Waals surface area contributed by atoms with E-state index in [0.29, 0.717) is 17.8 Å². The van der Waals surface area contributed by atoms with Crippen molar-refractivity contribution in [2.45, 2.75) is 19.3 Å². The normalized spacial score (nSPS) is 15.1. The molecule has 2 rings (SSSR count). The Hall–Kier alpha value is -2.12. The molecule has 0 spiro atoms. The fourth-order valence-electron chi connectivity index (χ4n) is 1.96. The average molecular weight is 265 g/mol. The van der Waals surface area contributed by atoms with E-state index in [4.69, 9.17) is 5.73 Å². The standard InChI is InChI=1S/C11H19N7O/c1-13-9-15-10(14-7-8(12)19)17-11(16-9)18-5-3-2-4-6-18/h2-7H2,1H3,(H2,12,19)(H2,13,14,15,16,17). The van der Waals surface area contributed by atoms with E-state index in [-0.39, 0.29) is 6.54 Å². The summed E-state index contributed by atoms with van der Waals surface area (Å²) < 4.78 is 0. The summed E-state index contributed by atoms with van der Waals surface area (Å²) in [6.07, 6.45) is 3.53. The number of hydrogen-bond donors (Lipinski definition) is 3. The van der Waals surface area contributed by atoms with Gasteiger partial charge in [0, 0.05) is 20.1 Å². The molecule has 104 valence electrons. The van der Waals surface area contributed by atoms with Crippen molar-refractivity contribution in [1.29, 1.82) is 0 Å². The van der Waals surface area contributed by atoms with Crippen LogP contribution < -0.4 is 21.3 Å². The Morgan fingerprint density at radius 3 is 2.53 bits per heavy atom. The first-order valence-corrected chi connectivity index (χ1v) is 6.40. The first-order chi connectivity index (χ1) is 9.19. The largest absolute Gasteiger partial charge is 0.368 e. The van der Waals surface area contributed by atoms with Crippen molar-refractivity contribution in [3.8, 4) is 0 Å². The van der Waals surface area contributed by atoms with E-state index in [0.717, 1.165) is 25.9 Å². The predicted octanol–water partition coefficient (Wildman–Crippen LogP) is -0.199. The zero-order valence-electron chi connectivity index (χ0n) is 11.0. The molecule has 0 aromatic carbocycles. The first kappa shape index (κ1) is 13.3. The lowest BCUT2D eigenvalue weighted by atomic mass is 10.1. The van der Waals surface area contributed by atoms with Gasteiger partial charge in [0.25, 0.3) is 0 Å². The number of carbonyl (C=O) groups is 1. The number of primary amides is 1. The Labute approximate surface area is 111 Å². The number of nitrogens with two attached hydrogens (primary N) is 1. The summed E-state index contributed by atoms with van der Waals surface area (Å²) >= 11 is 0. The molecule has 0 saturated carbocycles. The lowest BCUT2D eigenvalue weighted by molar-refractivity contribution is -0.116. The third-order valence-electron chi connectivity index (χ3n) is 2.91. The highest BCUT2D eigenvalue weighted by Crippen LogP contribution is 2.18. The summed E-state index contributed by atoms with van der Waals surface area (Å²) in [6.45, 7) is 1.90. The van der Waals surface area contributed by atoms with E-state index >= 15 is 0 Å². The molecule has 0 radical (unpaired) electrons. The van der Waals surface area contributed by atoms with Crippen LogP contribution in [0.5, 0.6) is 0 Å². The maximum Gasteiger partial charge on any atom is 0.236 e. The smallest absolute Gasteiger partial charge is 0.236 e. The van der Waals surface area contributed by atoms with Gasteiger partial charge in [-0.3, -0.25) is 4.79 Å². The van der Waals surface area contributed by atoms with Crippen LogP contribution in [0.3, 0.4) is 0 Å². The van der Waals surface area contributed by atoms with E-state index in [1.54, 1.807) is 7.05 Å². The Morgan fingerprint density at radius 1 is 1.21 bits per heavy atom. The highest BCUT2D eigenvalue weighted by atomic mass is 16.1. The molecule has 1 aliphatic rings. The van der Waals surface area contributed by atoms with E-state index in [9.17, 15) is 4.79 Å². The number of amides is 1. The Kier molecular flexibility index (Phi) is 4.32. The number of piperidine rings is 1. The van der Waals surface area contributed by atoms with Gasteiger partial charge in [-0.15, -0.1) is 0 Å². The van der Waals surface area contributed by atoms with E-state index < -0.39 is 5.91 Å². The minimum atomic E-state index is -0.453. The van der Waals surface area contributed by atoms with Crippen molar-refractivity contribution < 1.29 is 4.79 Å². The molecule has 1 aromatic heterocycles. The zero-order valence-corrected chi connectivity index (χ0v) is 11.0. The Balaban J connectivity index is 2.16. The van der Waals surface area contributed by atoms with Gasteiger partial charge in [0.05, 0.1) is 6.54 Å². The molecular weight excluding hydrogens is 246 g/mol. The van der Waals surface area contributed by atoms with Crippen molar-refractivity contribution in [2.75, 3.05) is 42.2 Å². The molecule has 1 aliphatic heterocycles. The molecule has 1 aromatic rings. The number of anilines is 3. The topological polar surface area (TPSA) is 109 Å². The lowest BCUT2D eigenvalue weighted by Gasteiger charge is -2.26. The minimum Gasteiger partial charge on any atom is -0.368 e. The van der Waals surface area contributed by atoms with Gasteiger partial charge in [-0.25, -0.2) is 0 Å². The zero-order chi connectivity index (χ0) is 13.7. The Morgan fingerprint density at radius 2 is 1.89 bits per heavy atom. The summed E-state index contributed by atoms with van der Waals surface area (Å²) in [5.41, 5.74) is 5.09. The van der Waals surface area contributed by atoms with E-state index in [1.807, 2.05) is 0 Å². The SMILES string of the molecule is CNc1nc(NCC(N)=O)nc(N2CCCCC2)n1. The number of hydrogen-bond acceptors (Lipinski definition) is 7. The van der Waals surface area contributed by atoms with Crippen LogP contribution in [0.2, 0.25) is 0 Å². The number of nitrogens with one attached hydrogen (secondary N) is 2. The molecule has 0 atom stereocenters. The molecule has 1 saturated heterocycles. The number of carbonyl (C=O) groups excluding carboxylic acids is 1. The highest BCUT2D eigenvalue weighted by Gasteiger charge is 2.15. The van der Waals surface area contributed by atoms with Crippen molar-refractivity contribution in [2.24, 2.45) is 5.73 Å². The molecule has 8 heteroatoms. The van der Waals surface area contributed by atoms with Gasteiger partial charge < -0.3 is 21.3 Å². The number of nitrogens with zero attached hydrogens (tertiary/aromatic N) is 4. The van der Waals surface area contributed by atoms with Crippen LogP contribution in [0.4, 0.5) is 17.8 Å². The minimum absolute atomic E-state index is 0.00656. The molecule has 0 aliphatic carbocycles. The molecule has 4 N–H and O–H groups in total. The highest BCUT2D eigenvalue weighted by molar-refractivity contribution is 5.78. The van der Waals surface area contributed by atoms with Gasteiger partial charge in [-0.05, 0) is 19.3 Å². The summed E-state index contributed by atoms with van der Waals surface area (Å²) in [6, 6.07) is 0. The fraction of sp³-hybridized carbons (Fsp3) is 0.636. The molecule has 2 heterocycles. The lowest BCUT2D eigenvalue weighted by Crippen LogP contribution is -2.32. The van der Waals surface area contributed by atoms with E-state index in [1.165, 1.54) is 6.42 Å². The number of rotatable bonds is 5. The molecule has 0 unspecified atom stereocenters. The summed E-state index contributed by atoms with van der Waals surface area (Å²) in [4.78, 5) is 25.7. The molecule has 1 amide bonds. The molecular formula is C11H19N7O. The van der Waals surface area contributed by atoms with Gasteiger partial charge >= 0.3 is 0 Å². The fourth-order valence-corrected chi connectivity index (χ4v) is 1.96. The maximum absolute atomic E-state index is 10.8. The van der Waals surface area contributed by atoms with Gasteiger partial charge in [-0.2, -0.15) is 15.0 Å².